The van der Waals surface area contributed by atoms with Crippen molar-refractivity contribution in [1.29, 1.82) is 0 Å². The van der Waals surface area contributed by atoms with Gasteiger partial charge in [0.05, 0.1) is 6.10 Å². The van der Waals surface area contributed by atoms with Gasteiger partial charge in [-0.3, -0.25) is 0 Å². The van der Waals surface area contributed by atoms with Gasteiger partial charge in [0, 0.05) is 17.8 Å². The molecule has 2 N–H and O–H groups in total. The number of halogens is 1. The summed E-state index contributed by atoms with van der Waals surface area (Å²) in [6, 6.07) is 6.58. The molecule has 0 saturated heterocycles. The molecule has 0 heterocycles. The Morgan fingerprint density at radius 1 is 1.37 bits per heavy atom. The molecule has 1 aliphatic carbocycles. The van der Waals surface area contributed by atoms with Gasteiger partial charge < -0.3 is 10.4 Å². The molecule has 1 fully saturated rings. The van der Waals surface area contributed by atoms with E-state index in [0.29, 0.717) is 17.8 Å². The standard InChI is InChI=1S/C15H22FNOS/c1-2-19-15-5-3-4-13(15)17-10-14(18)11-6-8-12(16)9-7-11/h6-9,13-15,17-18H,2-5,10H2,1H3. The molecule has 0 aromatic heterocycles. The van der Waals surface area contributed by atoms with Crippen LogP contribution < -0.4 is 5.32 Å². The lowest BCUT2D eigenvalue weighted by molar-refractivity contribution is 0.170. The van der Waals surface area contributed by atoms with E-state index in [-0.39, 0.29) is 5.82 Å². The molecule has 19 heavy (non-hydrogen) atoms. The number of aliphatic hydroxyl groups excluding tert-OH is 1. The normalized spacial score (nSPS) is 24.6. The molecule has 1 aromatic rings. The summed E-state index contributed by atoms with van der Waals surface area (Å²) in [6.45, 7) is 2.73. The second-order valence-electron chi connectivity index (χ2n) is 5.01. The second-order valence-corrected chi connectivity index (χ2v) is 6.52. The van der Waals surface area contributed by atoms with Crippen molar-refractivity contribution in [2.75, 3.05) is 12.3 Å². The van der Waals surface area contributed by atoms with Crippen molar-refractivity contribution in [3.8, 4) is 0 Å². The molecular formula is C15H22FNOS. The van der Waals surface area contributed by atoms with Crippen molar-refractivity contribution in [3.05, 3.63) is 35.6 Å². The van der Waals surface area contributed by atoms with E-state index in [4.69, 9.17) is 0 Å². The summed E-state index contributed by atoms with van der Waals surface area (Å²) in [7, 11) is 0. The third-order valence-corrected chi connectivity index (χ3v) is 4.99. The summed E-state index contributed by atoms with van der Waals surface area (Å²) in [6.07, 6.45) is 3.16. The quantitative estimate of drug-likeness (QED) is 0.841. The van der Waals surface area contributed by atoms with Gasteiger partial charge in [-0.1, -0.05) is 25.5 Å². The number of hydrogen-bond donors (Lipinski definition) is 2. The van der Waals surface area contributed by atoms with E-state index in [2.05, 4.69) is 12.2 Å². The van der Waals surface area contributed by atoms with Crippen molar-refractivity contribution >= 4 is 11.8 Å². The van der Waals surface area contributed by atoms with Gasteiger partial charge in [0.15, 0.2) is 0 Å². The zero-order valence-electron chi connectivity index (χ0n) is 11.3. The van der Waals surface area contributed by atoms with E-state index >= 15 is 0 Å². The van der Waals surface area contributed by atoms with Crippen molar-refractivity contribution in [2.45, 2.75) is 43.6 Å². The lowest BCUT2D eigenvalue weighted by Gasteiger charge is -2.22. The molecule has 0 bridgehead atoms. The summed E-state index contributed by atoms with van der Waals surface area (Å²) in [5, 5.41) is 14.2. The molecule has 1 aliphatic rings. The first-order chi connectivity index (χ1) is 9.20. The van der Waals surface area contributed by atoms with Crippen LogP contribution in [-0.4, -0.2) is 28.7 Å². The topological polar surface area (TPSA) is 32.3 Å². The summed E-state index contributed by atoms with van der Waals surface area (Å²) >= 11 is 2.00. The fraction of sp³-hybridized carbons (Fsp3) is 0.600. The molecule has 0 radical (unpaired) electrons. The molecule has 1 aromatic carbocycles. The third-order valence-electron chi connectivity index (χ3n) is 3.66. The Balaban J connectivity index is 1.82. The number of nitrogens with one attached hydrogen (secondary N) is 1. The van der Waals surface area contributed by atoms with E-state index in [1.54, 1.807) is 12.1 Å². The van der Waals surface area contributed by atoms with Crippen LogP contribution in [0.1, 0.15) is 37.9 Å². The van der Waals surface area contributed by atoms with Gasteiger partial charge in [-0.05, 0) is 36.3 Å². The molecule has 0 aliphatic heterocycles. The summed E-state index contributed by atoms with van der Waals surface area (Å²) in [4.78, 5) is 0. The molecule has 4 heteroatoms. The molecule has 1 saturated carbocycles. The second kappa shape index (κ2) is 7.27. The van der Waals surface area contributed by atoms with Gasteiger partial charge in [0.2, 0.25) is 0 Å². The van der Waals surface area contributed by atoms with Crippen LogP contribution >= 0.6 is 11.8 Å². The van der Waals surface area contributed by atoms with Crippen LogP contribution in [0.25, 0.3) is 0 Å². The van der Waals surface area contributed by atoms with Crippen LogP contribution in [0.2, 0.25) is 0 Å². The van der Waals surface area contributed by atoms with E-state index in [0.717, 1.165) is 11.3 Å². The van der Waals surface area contributed by atoms with Gasteiger partial charge in [0.1, 0.15) is 5.82 Å². The summed E-state index contributed by atoms with van der Waals surface area (Å²) in [5.74, 6) is 0.878. The van der Waals surface area contributed by atoms with Gasteiger partial charge in [-0.2, -0.15) is 11.8 Å². The molecule has 2 nitrogen and oxygen atoms in total. The van der Waals surface area contributed by atoms with Crippen LogP contribution in [0.4, 0.5) is 4.39 Å². The van der Waals surface area contributed by atoms with Gasteiger partial charge in [-0.25, -0.2) is 4.39 Å². The Labute approximate surface area is 118 Å². The monoisotopic (exact) mass is 283 g/mol. The lowest BCUT2D eigenvalue weighted by atomic mass is 10.1. The Bertz CT molecular complexity index is 384. The van der Waals surface area contributed by atoms with Crippen LogP contribution in [-0.2, 0) is 0 Å². The minimum atomic E-state index is -0.562. The maximum absolute atomic E-state index is 12.8. The number of hydrogen-bond acceptors (Lipinski definition) is 3. The van der Waals surface area contributed by atoms with Crippen LogP contribution in [0.3, 0.4) is 0 Å². The Hall–Kier alpha value is -0.580. The highest BCUT2D eigenvalue weighted by molar-refractivity contribution is 7.99. The zero-order chi connectivity index (χ0) is 13.7. The average molecular weight is 283 g/mol. The first-order valence-corrected chi connectivity index (χ1v) is 8.04. The van der Waals surface area contributed by atoms with Gasteiger partial charge >= 0.3 is 0 Å². The fourth-order valence-corrected chi connectivity index (χ4v) is 3.86. The van der Waals surface area contributed by atoms with Crippen molar-refractivity contribution in [3.63, 3.8) is 0 Å². The predicted molar refractivity (Wildman–Crippen MR) is 78.9 cm³/mol. The van der Waals surface area contributed by atoms with E-state index in [9.17, 15) is 9.50 Å². The van der Waals surface area contributed by atoms with Gasteiger partial charge in [-0.15, -0.1) is 0 Å². The molecule has 3 atom stereocenters. The van der Waals surface area contributed by atoms with Crippen molar-refractivity contribution < 1.29 is 9.50 Å². The van der Waals surface area contributed by atoms with Crippen LogP contribution in [0, 0.1) is 5.82 Å². The van der Waals surface area contributed by atoms with Gasteiger partial charge in [0.25, 0.3) is 0 Å². The Morgan fingerprint density at radius 2 is 2.11 bits per heavy atom. The fourth-order valence-electron chi connectivity index (χ4n) is 2.64. The molecule has 0 spiro atoms. The molecule has 0 amide bonds. The van der Waals surface area contributed by atoms with E-state index < -0.39 is 6.10 Å². The number of thioether (sulfide) groups is 1. The molecule has 3 unspecified atom stereocenters. The minimum Gasteiger partial charge on any atom is -0.387 e. The maximum Gasteiger partial charge on any atom is 0.123 e. The predicted octanol–water partition coefficient (Wildman–Crippen LogP) is 3.12. The first-order valence-electron chi connectivity index (χ1n) is 6.99. The first kappa shape index (κ1) is 14.8. The number of rotatable bonds is 6. The molecule has 2 rings (SSSR count). The zero-order valence-corrected chi connectivity index (χ0v) is 12.1. The van der Waals surface area contributed by atoms with E-state index in [1.807, 2.05) is 11.8 Å². The highest BCUT2D eigenvalue weighted by atomic mass is 32.2. The third kappa shape index (κ3) is 4.20. The van der Waals surface area contributed by atoms with Crippen LogP contribution in [0.15, 0.2) is 24.3 Å². The highest BCUT2D eigenvalue weighted by Gasteiger charge is 2.27. The highest BCUT2D eigenvalue weighted by Crippen LogP contribution is 2.30. The Morgan fingerprint density at radius 3 is 2.79 bits per heavy atom. The van der Waals surface area contributed by atoms with Crippen molar-refractivity contribution in [1.82, 2.24) is 5.32 Å². The SMILES string of the molecule is CCSC1CCCC1NCC(O)c1ccc(F)cc1. The number of aliphatic hydroxyl groups is 1. The maximum atomic E-state index is 12.8. The summed E-state index contributed by atoms with van der Waals surface area (Å²) in [5.41, 5.74) is 0.770. The Kier molecular flexibility index (Phi) is 5.67. The minimum absolute atomic E-state index is 0.265. The molecular weight excluding hydrogens is 261 g/mol. The van der Waals surface area contributed by atoms with E-state index in [1.165, 1.54) is 31.4 Å². The van der Waals surface area contributed by atoms with Crippen LogP contribution in [0.5, 0.6) is 0 Å². The largest absolute Gasteiger partial charge is 0.387 e. The smallest absolute Gasteiger partial charge is 0.123 e. The number of benzene rings is 1. The summed E-state index contributed by atoms with van der Waals surface area (Å²) < 4.78 is 12.8. The average Bonchev–Trinajstić information content (AvgIpc) is 2.85. The lowest BCUT2D eigenvalue weighted by Crippen LogP contribution is -2.37. The molecule has 106 valence electrons. The van der Waals surface area contributed by atoms with Crippen molar-refractivity contribution in [2.24, 2.45) is 0 Å².